The monoisotopic (exact) mass is 279 g/mol. The first-order valence-corrected chi connectivity index (χ1v) is 5.98. The fraction of sp³-hybridized carbons (Fsp3) is 0.250. The number of halogens is 1. The molecule has 1 heterocycles. The molecule has 0 aliphatic carbocycles. The van der Waals surface area contributed by atoms with E-state index >= 15 is 0 Å². The number of rotatable bonds is 3. The molecule has 0 aliphatic rings. The molecule has 1 atom stereocenters. The fourth-order valence-electron chi connectivity index (χ4n) is 1.49. The van der Waals surface area contributed by atoms with Crippen molar-refractivity contribution < 1.29 is 0 Å². The van der Waals surface area contributed by atoms with Gasteiger partial charge in [-0.2, -0.15) is 5.10 Å². The number of hydrogen-bond acceptors (Lipinski definition) is 2. The molecule has 1 N–H and O–H groups in total. The third-order valence-electron chi connectivity index (χ3n) is 2.61. The molecule has 1 aromatic carbocycles. The van der Waals surface area contributed by atoms with Crippen molar-refractivity contribution in [3.05, 3.63) is 46.7 Å². The molecule has 0 spiro atoms. The maximum atomic E-state index is 4.35. The number of aromatic nitrogens is 2. The molecule has 2 rings (SSSR count). The molecule has 2 aromatic rings. The van der Waals surface area contributed by atoms with Crippen molar-refractivity contribution >= 4 is 15.9 Å². The highest BCUT2D eigenvalue weighted by Gasteiger charge is 2.06. The van der Waals surface area contributed by atoms with Crippen molar-refractivity contribution in [2.45, 2.75) is 13.0 Å². The highest BCUT2D eigenvalue weighted by molar-refractivity contribution is 9.10. The Kier molecular flexibility index (Phi) is 3.41. The Bertz CT molecular complexity index is 479. The van der Waals surface area contributed by atoms with Crippen LogP contribution in [0.3, 0.4) is 0 Å². The normalized spacial score (nSPS) is 12.7. The van der Waals surface area contributed by atoms with Gasteiger partial charge in [-0.1, -0.05) is 22.0 Å². The van der Waals surface area contributed by atoms with Gasteiger partial charge in [-0.3, -0.25) is 0 Å². The highest BCUT2D eigenvalue weighted by atomic mass is 79.9. The number of nitrogens with zero attached hydrogens (tertiary/aromatic N) is 2. The summed E-state index contributed by atoms with van der Waals surface area (Å²) in [4.78, 5) is 0. The zero-order valence-corrected chi connectivity index (χ0v) is 10.9. The first kappa shape index (κ1) is 11.4. The van der Waals surface area contributed by atoms with E-state index < -0.39 is 0 Å². The average molecular weight is 280 g/mol. The van der Waals surface area contributed by atoms with E-state index in [2.05, 4.69) is 33.3 Å². The second-order valence-electron chi connectivity index (χ2n) is 3.71. The Morgan fingerprint density at radius 1 is 1.44 bits per heavy atom. The molecule has 84 valence electrons. The summed E-state index contributed by atoms with van der Waals surface area (Å²) in [5.74, 6) is 0. The van der Waals surface area contributed by atoms with Crippen LogP contribution in [0.2, 0.25) is 0 Å². The molecule has 0 amide bonds. The van der Waals surface area contributed by atoms with Crippen LogP contribution in [-0.4, -0.2) is 16.8 Å². The van der Waals surface area contributed by atoms with Crippen molar-refractivity contribution in [2.24, 2.45) is 0 Å². The zero-order chi connectivity index (χ0) is 11.5. The van der Waals surface area contributed by atoms with E-state index in [9.17, 15) is 0 Å². The van der Waals surface area contributed by atoms with Crippen LogP contribution in [0.1, 0.15) is 18.5 Å². The van der Waals surface area contributed by atoms with Gasteiger partial charge >= 0.3 is 0 Å². The van der Waals surface area contributed by atoms with Crippen LogP contribution >= 0.6 is 15.9 Å². The molecule has 16 heavy (non-hydrogen) atoms. The summed E-state index contributed by atoms with van der Waals surface area (Å²) in [6.07, 6.45) is 3.94. The van der Waals surface area contributed by atoms with Gasteiger partial charge < -0.3 is 5.32 Å². The molecular weight excluding hydrogens is 266 g/mol. The van der Waals surface area contributed by atoms with E-state index in [1.807, 2.05) is 48.4 Å². The van der Waals surface area contributed by atoms with Crippen LogP contribution in [0.15, 0.2) is 41.1 Å². The molecule has 1 aromatic heterocycles. The second kappa shape index (κ2) is 4.80. The summed E-state index contributed by atoms with van der Waals surface area (Å²) in [6, 6.07) is 8.40. The molecule has 0 saturated carbocycles. The van der Waals surface area contributed by atoms with E-state index in [0.717, 1.165) is 10.2 Å². The van der Waals surface area contributed by atoms with Gasteiger partial charge in [-0.15, -0.1) is 0 Å². The lowest BCUT2D eigenvalue weighted by molar-refractivity contribution is 0.652. The number of hydrogen-bond donors (Lipinski definition) is 1. The second-order valence-corrected chi connectivity index (χ2v) is 4.62. The summed E-state index contributed by atoms with van der Waals surface area (Å²) >= 11 is 3.46. The lowest BCUT2D eigenvalue weighted by Crippen LogP contribution is -2.11. The first-order valence-electron chi connectivity index (χ1n) is 5.18. The van der Waals surface area contributed by atoms with Crippen LogP contribution in [0.4, 0.5) is 0 Å². The van der Waals surface area contributed by atoms with E-state index in [0.29, 0.717) is 6.04 Å². The molecule has 3 nitrogen and oxygen atoms in total. The number of benzene rings is 1. The third-order valence-corrected chi connectivity index (χ3v) is 3.10. The molecule has 0 aliphatic heterocycles. The van der Waals surface area contributed by atoms with Crippen molar-refractivity contribution in [1.82, 2.24) is 15.1 Å². The van der Waals surface area contributed by atoms with Crippen LogP contribution in [0.5, 0.6) is 0 Å². The van der Waals surface area contributed by atoms with Crippen LogP contribution < -0.4 is 5.32 Å². The SMILES string of the molecule is CNC(C)c1cnn(-c2cccc(Br)c2)c1. The molecule has 0 fully saturated rings. The van der Waals surface area contributed by atoms with Crippen molar-refractivity contribution in [2.75, 3.05) is 7.05 Å². The third kappa shape index (κ3) is 2.33. The predicted octanol–water partition coefficient (Wildman–Crippen LogP) is 2.92. The van der Waals surface area contributed by atoms with Crippen molar-refractivity contribution in [3.8, 4) is 5.69 Å². The smallest absolute Gasteiger partial charge is 0.0656 e. The predicted molar refractivity (Wildman–Crippen MR) is 68.7 cm³/mol. The first-order chi connectivity index (χ1) is 7.70. The van der Waals surface area contributed by atoms with Crippen molar-refractivity contribution in [1.29, 1.82) is 0 Å². The summed E-state index contributed by atoms with van der Waals surface area (Å²) in [5.41, 5.74) is 2.24. The number of nitrogens with one attached hydrogen (secondary N) is 1. The zero-order valence-electron chi connectivity index (χ0n) is 9.31. The molecule has 0 radical (unpaired) electrons. The minimum atomic E-state index is 0.320. The Labute approximate surface area is 104 Å². The highest BCUT2D eigenvalue weighted by Crippen LogP contribution is 2.17. The van der Waals surface area contributed by atoms with Gasteiger partial charge in [-0.25, -0.2) is 4.68 Å². The molecular formula is C12H14BrN3. The summed E-state index contributed by atoms with van der Waals surface area (Å²) in [6.45, 7) is 2.11. The molecule has 4 heteroatoms. The van der Waals surface area contributed by atoms with E-state index in [-0.39, 0.29) is 0 Å². The lowest BCUT2D eigenvalue weighted by atomic mass is 10.2. The maximum absolute atomic E-state index is 4.35. The largest absolute Gasteiger partial charge is 0.313 e. The summed E-state index contributed by atoms with van der Waals surface area (Å²) in [7, 11) is 1.95. The molecule has 0 saturated heterocycles. The quantitative estimate of drug-likeness (QED) is 0.936. The van der Waals surface area contributed by atoms with Gasteiger partial charge in [0.25, 0.3) is 0 Å². The van der Waals surface area contributed by atoms with E-state index in [1.165, 1.54) is 5.56 Å². The van der Waals surface area contributed by atoms with Gasteiger partial charge in [0.1, 0.15) is 0 Å². The van der Waals surface area contributed by atoms with Crippen molar-refractivity contribution in [3.63, 3.8) is 0 Å². The van der Waals surface area contributed by atoms with Gasteiger partial charge in [0.15, 0.2) is 0 Å². The van der Waals surface area contributed by atoms with Gasteiger partial charge in [0.2, 0.25) is 0 Å². The standard InChI is InChI=1S/C12H14BrN3/c1-9(14-2)10-7-15-16(8-10)12-5-3-4-11(13)6-12/h3-9,14H,1-2H3. The Balaban J connectivity index is 2.31. The van der Waals surface area contributed by atoms with Gasteiger partial charge in [0.05, 0.1) is 11.9 Å². The fourth-order valence-corrected chi connectivity index (χ4v) is 1.87. The molecule has 1 unspecified atom stereocenters. The topological polar surface area (TPSA) is 29.9 Å². The molecule has 0 bridgehead atoms. The Morgan fingerprint density at radius 3 is 2.94 bits per heavy atom. The lowest BCUT2D eigenvalue weighted by Gasteiger charge is -2.06. The van der Waals surface area contributed by atoms with Crippen LogP contribution in [-0.2, 0) is 0 Å². The average Bonchev–Trinajstić information content (AvgIpc) is 2.77. The van der Waals surface area contributed by atoms with Gasteiger partial charge in [-0.05, 0) is 32.2 Å². The Morgan fingerprint density at radius 2 is 2.25 bits per heavy atom. The minimum Gasteiger partial charge on any atom is -0.313 e. The van der Waals surface area contributed by atoms with E-state index in [4.69, 9.17) is 0 Å². The van der Waals surface area contributed by atoms with E-state index in [1.54, 1.807) is 0 Å². The summed E-state index contributed by atoms with van der Waals surface area (Å²) < 4.78 is 2.94. The minimum absolute atomic E-state index is 0.320. The van der Waals surface area contributed by atoms with Gasteiger partial charge in [0, 0.05) is 22.3 Å². The summed E-state index contributed by atoms with van der Waals surface area (Å²) in [5, 5.41) is 7.55. The van der Waals surface area contributed by atoms with Crippen LogP contribution in [0.25, 0.3) is 5.69 Å². The Hall–Kier alpha value is -1.13. The maximum Gasteiger partial charge on any atom is 0.0656 e. The van der Waals surface area contributed by atoms with Crippen LogP contribution in [0, 0.1) is 0 Å².